The van der Waals surface area contributed by atoms with Crippen molar-refractivity contribution in [3.63, 3.8) is 0 Å². The van der Waals surface area contributed by atoms with Crippen LogP contribution in [0.5, 0.6) is 11.5 Å². The van der Waals surface area contributed by atoms with Crippen LogP contribution in [0.3, 0.4) is 0 Å². The zero-order chi connectivity index (χ0) is 14.6. The molecule has 2 N–H and O–H groups in total. The number of aryl methyl sites for hydroxylation is 1. The largest absolute Gasteiger partial charge is 0.454 e. The topological polar surface area (TPSA) is 61.8 Å². The minimum absolute atomic E-state index is 0.233. The molecule has 0 radical (unpaired) electrons. The third kappa shape index (κ3) is 1.79. The number of benzene rings is 1. The third-order valence-electron chi connectivity index (χ3n) is 3.58. The van der Waals surface area contributed by atoms with Crippen LogP contribution in [0, 0.1) is 6.92 Å². The molecule has 21 heavy (non-hydrogen) atoms. The Hall–Kier alpha value is -2.21. The first-order valence-corrected chi connectivity index (χ1v) is 7.27. The Labute approximate surface area is 129 Å². The van der Waals surface area contributed by atoms with Crippen molar-refractivity contribution >= 4 is 27.4 Å². The second-order valence-corrected chi connectivity index (χ2v) is 5.78. The second kappa shape index (κ2) is 4.39. The molecule has 1 aromatic carbocycles. The molecule has 5 nitrogen and oxygen atoms in total. The van der Waals surface area contributed by atoms with E-state index in [1.807, 2.05) is 41.8 Å². The lowest BCUT2D eigenvalue weighted by Gasteiger charge is -2.04. The Kier molecular flexibility index (Phi) is 2.62. The summed E-state index contributed by atoms with van der Waals surface area (Å²) in [7, 11) is 0. The normalized spacial score (nSPS) is 13.0. The van der Waals surface area contributed by atoms with Gasteiger partial charge in [0.1, 0.15) is 17.2 Å². The van der Waals surface area contributed by atoms with E-state index in [4.69, 9.17) is 15.2 Å². The van der Waals surface area contributed by atoms with E-state index in [1.54, 1.807) is 0 Å². The second-order valence-electron chi connectivity index (χ2n) is 4.92. The van der Waals surface area contributed by atoms with Gasteiger partial charge in [-0.1, -0.05) is 6.07 Å². The number of aromatic nitrogens is 2. The lowest BCUT2D eigenvalue weighted by Crippen LogP contribution is -1.94. The predicted molar refractivity (Wildman–Crippen MR) is 83.6 cm³/mol. The molecule has 6 heteroatoms. The van der Waals surface area contributed by atoms with Gasteiger partial charge in [-0.3, -0.25) is 4.40 Å². The Morgan fingerprint density at radius 3 is 3.00 bits per heavy atom. The summed E-state index contributed by atoms with van der Waals surface area (Å²) < 4.78 is 13.6. The van der Waals surface area contributed by atoms with Crippen molar-refractivity contribution in [2.75, 3.05) is 12.5 Å². The molecular weight excluding hydrogens is 334 g/mol. The summed E-state index contributed by atoms with van der Waals surface area (Å²) in [6.07, 6.45) is 1.91. The van der Waals surface area contributed by atoms with E-state index in [9.17, 15) is 0 Å². The van der Waals surface area contributed by atoms with E-state index in [2.05, 4.69) is 20.9 Å². The van der Waals surface area contributed by atoms with Crippen LogP contribution >= 0.6 is 15.9 Å². The molecule has 2 aromatic heterocycles. The van der Waals surface area contributed by atoms with Crippen molar-refractivity contribution in [3.8, 4) is 22.8 Å². The molecule has 0 spiro atoms. The molecule has 106 valence electrons. The maximum Gasteiger partial charge on any atom is 0.231 e. The standard InChI is InChI=1S/C15H12BrN3O2/c1-8-3-2-4-19-14(17)12(18-15(8)19)9-5-10(16)13-11(6-9)20-7-21-13/h2-6H,7,17H2,1H3. The lowest BCUT2D eigenvalue weighted by atomic mass is 10.1. The zero-order valence-corrected chi connectivity index (χ0v) is 12.8. The zero-order valence-electron chi connectivity index (χ0n) is 11.3. The van der Waals surface area contributed by atoms with Crippen molar-refractivity contribution in [1.82, 2.24) is 9.38 Å². The van der Waals surface area contributed by atoms with Crippen LogP contribution in [0.4, 0.5) is 5.82 Å². The lowest BCUT2D eigenvalue weighted by molar-refractivity contribution is 0.173. The summed E-state index contributed by atoms with van der Waals surface area (Å²) in [5.74, 6) is 2.03. The summed E-state index contributed by atoms with van der Waals surface area (Å²) in [5, 5.41) is 0. The van der Waals surface area contributed by atoms with Gasteiger partial charge in [0.05, 0.1) is 4.47 Å². The molecule has 0 amide bonds. The van der Waals surface area contributed by atoms with E-state index in [0.29, 0.717) is 11.6 Å². The highest BCUT2D eigenvalue weighted by Crippen LogP contribution is 2.43. The molecule has 1 aliphatic rings. The SMILES string of the molecule is Cc1cccn2c(N)c(-c3cc(Br)c4c(c3)OCO4)nc12. The van der Waals surface area contributed by atoms with E-state index in [1.165, 1.54) is 0 Å². The molecule has 0 bridgehead atoms. The number of nitrogen functional groups attached to an aromatic ring is 1. The Bertz CT molecular complexity index is 873. The quantitative estimate of drug-likeness (QED) is 0.734. The number of anilines is 1. The molecular formula is C15H12BrN3O2. The van der Waals surface area contributed by atoms with Crippen LogP contribution in [0.25, 0.3) is 16.9 Å². The van der Waals surface area contributed by atoms with Crippen LogP contribution in [-0.4, -0.2) is 16.2 Å². The summed E-state index contributed by atoms with van der Waals surface area (Å²) in [6, 6.07) is 7.82. The van der Waals surface area contributed by atoms with Gasteiger partial charge >= 0.3 is 0 Å². The first-order valence-electron chi connectivity index (χ1n) is 6.48. The predicted octanol–water partition coefficient (Wildman–Crippen LogP) is 3.38. The first-order chi connectivity index (χ1) is 10.1. The van der Waals surface area contributed by atoms with Crippen molar-refractivity contribution in [1.29, 1.82) is 0 Å². The summed E-state index contributed by atoms with van der Waals surface area (Å²) in [5.41, 5.74) is 9.82. The number of hydrogen-bond acceptors (Lipinski definition) is 4. The average molecular weight is 346 g/mol. The highest BCUT2D eigenvalue weighted by atomic mass is 79.9. The van der Waals surface area contributed by atoms with Gasteiger partial charge < -0.3 is 15.2 Å². The molecule has 0 atom stereocenters. The van der Waals surface area contributed by atoms with E-state index < -0.39 is 0 Å². The number of rotatable bonds is 1. The number of pyridine rings is 1. The molecule has 0 saturated heterocycles. The number of imidazole rings is 1. The third-order valence-corrected chi connectivity index (χ3v) is 4.17. The van der Waals surface area contributed by atoms with Gasteiger partial charge in [0, 0.05) is 11.8 Å². The number of nitrogens with two attached hydrogens (primary N) is 1. The van der Waals surface area contributed by atoms with Gasteiger partial charge in [-0.15, -0.1) is 0 Å². The number of ether oxygens (including phenoxy) is 2. The maximum absolute atomic E-state index is 6.25. The molecule has 3 heterocycles. The first kappa shape index (κ1) is 12.5. The minimum atomic E-state index is 0.233. The number of nitrogens with zero attached hydrogens (tertiary/aromatic N) is 2. The average Bonchev–Trinajstić information content (AvgIpc) is 3.05. The molecule has 0 saturated carbocycles. The monoisotopic (exact) mass is 345 g/mol. The van der Waals surface area contributed by atoms with Gasteiger partial charge in [0.2, 0.25) is 6.79 Å². The molecule has 4 rings (SSSR count). The molecule has 0 aliphatic carbocycles. The van der Waals surface area contributed by atoms with Gasteiger partial charge in [-0.25, -0.2) is 4.98 Å². The summed E-state index contributed by atoms with van der Waals surface area (Å²) in [4.78, 5) is 4.67. The fourth-order valence-electron chi connectivity index (χ4n) is 2.54. The van der Waals surface area contributed by atoms with Crippen molar-refractivity contribution in [3.05, 3.63) is 40.5 Å². The smallest absolute Gasteiger partial charge is 0.231 e. The van der Waals surface area contributed by atoms with Gasteiger partial charge in [0.25, 0.3) is 0 Å². The molecule has 3 aromatic rings. The summed E-state index contributed by atoms with van der Waals surface area (Å²) >= 11 is 3.50. The Morgan fingerprint density at radius 2 is 2.19 bits per heavy atom. The van der Waals surface area contributed by atoms with Crippen molar-refractivity contribution < 1.29 is 9.47 Å². The fraction of sp³-hybridized carbons (Fsp3) is 0.133. The van der Waals surface area contributed by atoms with E-state index >= 15 is 0 Å². The van der Waals surface area contributed by atoms with Gasteiger partial charge in [-0.05, 0) is 46.6 Å². The van der Waals surface area contributed by atoms with Crippen LogP contribution in [-0.2, 0) is 0 Å². The number of fused-ring (bicyclic) bond motifs is 2. The highest BCUT2D eigenvalue weighted by Gasteiger charge is 2.21. The minimum Gasteiger partial charge on any atom is -0.454 e. The highest BCUT2D eigenvalue weighted by molar-refractivity contribution is 9.10. The van der Waals surface area contributed by atoms with E-state index in [0.717, 1.165) is 32.7 Å². The molecule has 0 unspecified atom stereocenters. The van der Waals surface area contributed by atoms with Crippen LogP contribution in [0.15, 0.2) is 34.9 Å². The maximum atomic E-state index is 6.25. The number of hydrogen-bond donors (Lipinski definition) is 1. The van der Waals surface area contributed by atoms with Crippen LogP contribution < -0.4 is 15.2 Å². The van der Waals surface area contributed by atoms with Crippen molar-refractivity contribution in [2.24, 2.45) is 0 Å². The van der Waals surface area contributed by atoms with Crippen molar-refractivity contribution in [2.45, 2.75) is 6.92 Å². The van der Waals surface area contributed by atoms with E-state index in [-0.39, 0.29) is 6.79 Å². The van der Waals surface area contributed by atoms with Gasteiger partial charge in [-0.2, -0.15) is 0 Å². The Morgan fingerprint density at radius 1 is 1.33 bits per heavy atom. The summed E-state index contributed by atoms with van der Waals surface area (Å²) in [6.45, 7) is 2.25. The molecule has 1 aliphatic heterocycles. The van der Waals surface area contributed by atoms with Gasteiger partial charge in [0.15, 0.2) is 11.5 Å². The van der Waals surface area contributed by atoms with Crippen LogP contribution in [0.2, 0.25) is 0 Å². The Balaban J connectivity index is 1.97. The van der Waals surface area contributed by atoms with Crippen LogP contribution in [0.1, 0.15) is 5.56 Å². The molecule has 0 fully saturated rings. The number of halogens is 1. The fourth-order valence-corrected chi connectivity index (χ4v) is 3.10.